The molecule has 0 amide bonds. The first-order valence-corrected chi connectivity index (χ1v) is 6.82. The molecule has 1 aliphatic carbocycles. The van der Waals surface area contributed by atoms with Crippen molar-refractivity contribution in [2.75, 3.05) is 19.6 Å². The van der Waals surface area contributed by atoms with E-state index in [0.29, 0.717) is 6.04 Å². The van der Waals surface area contributed by atoms with Gasteiger partial charge in [-0.15, -0.1) is 0 Å². The zero-order valence-electron chi connectivity index (χ0n) is 10.6. The number of hydrogen-bond acceptors (Lipinski definition) is 3. The minimum atomic E-state index is 0.716. The van der Waals surface area contributed by atoms with Crippen LogP contribution in [0.3, 0.4) is 0 Å². The molecule has 1 aliphatic heterocycles. The van der Waals surface area contributed by atoms with Crippen molar-refractivity contribution < 1.29 is 4.42 Å². The number of aryl methyl sites for hydroxylation is 1. The molecule has 0 spiro atoms. The third-order valence-electron chi connectivity index (χ3n) is 3.88. The van der Waals surface area contributed by atoms with E-state index in [1.807, 2.05) is 6.92 Å². The number of nitrogens with one attached hydrogen (secondary N) is 1. The van der Waals surface area contributed by atoms with Crippen molar-refractivity contribution in [3.8, 4) is 0 Å². The van der Waals surface area contributed by atoms with Gasteiger partial charge in [0, 0.05) is 12.6 Å². The lowest BCUT2D eigenvalue weighted by Crippen LogP contribution is -2.38. The maximum atomic E-state index is 5.68. The highest BCUT2D eigenvalue weighted by Gasteiger charge is 2.33. The Morgan fingerprint density at radius 2 is 2.29 bits per heavy atom. The summed E-state index contributed by atoms with van der Waals surface area (Å²) in [5, 5.41) is 3.69. The Balaban J connectivity index is 1.60. The lowest BCUT2D eigenvalue weighted by molar-refractivity contribution is 0.231. The molecule has 3 heteroatoms. The maximum absolute atomic E-state index is 5.68. The summed E-state index contributed by atoms with van der Waals surface area (Å²) in [4.78, 5) is 2.54. The van der Waals surface area contributed by atoms with Gasteiger partial charge in [0.05, 0.1) is 6.54 Å². The predicted molar refractivity (Wildman–Crippen MR) is 67.9 cm³/mol. The fourth-order valence-corrected chi connectivity index (χ4v) is 2.77. The summed E-state index contributed by atoms with van der Waals surface area (Å²) >= 11 is 0. The summed E-state index contributed by atoms with van der Waals surface area (Å²) in [5.74, 6) is 3.07. The number of rotatable bonds is 3. The molecule has 17 heavy (non-hydrogen) atoms. The molecule has 94 valence electrons. The second kappa shape index (κ2) is 4.83. The summed E-state index contributed by atoms with van der Waals surface area (Å²) in [6, 6.07) is 4.89. The van der Waals surface area contributed by atoms with Crippen LogP contribution in [0.2, 0.25) is 0 Å². The fraction of sp³-hybridized carbons (Fsp3) is 0.714. The standard InChI is InChI=1S/C14H22N2O/c1-11-3-6-13(17-11)9-16-8-2-7-15-14(10-16)12-4-5-12/h3,6,12,14-15H,2,4-5,7-10H2,1H3. The van der Waals surface area contributed by atoms with Crippen LogP contribution in [-0.4, -0.2) is 30.6 Å². The van der Waals surface area contributed by atoms with E-state index in [1.165, 1.54) is 38.9 Å². The molecule has 1 unspecified atom stereocenters. The van der Waals surface area contributed by atoms with Crippen LogP contribution in [0.1, 0.15) is 30.8 Å². The van der Waals surface area contributed by atoms with Gasteiger partial charge in [0.1, 0.15) is 11.5 Å². The molecule has 1 aromatic heterocycles. The van der Waals surface area contributed by atoms with Crippen LogP contribution in [0.5, 0.6) is 0 Å². The molecule has 1 saturated heterocycles. The van der Waals surface area contributed by atoms with Gasteiger partial charge in [0.25, 0.3) is 0 Å². The Kier molecular flexibility index (Phi) is 3.21. The van der Waals surface area contributed by atoms with Crippen molar-refractivity contribution >= 4 is 0 Å². The first kappa shape index (κ1) is 11.3. The van der Waals surface area contributed by atoms with Crippen LogP contribution in [-0.2, 0) is 6.54 Å². The zero-order valence-corrected chi connectivity index (χ0v) is 10.6. The third kappa shape index (κ3) is 2.90. The largest absolute Gasteiger partial charge is 0.465 e. The van der Waals surface area contributed by atoms with Crippen LogP contribution in [0, 0.1) is 12.8 Å². The second-order valence-electron chi connectivity index (χ2n) is 5.50. The van der Waals surface area contributed by atoms with Gasteiger partial charge in [-0.05, 0) is 57.3 Å². The molecule has 1 N–H and O–H groups in total. The summed E-state index contributed by atoms with van der Waals surface area (Å²) in [6.07, 6.45) is 4.10. The zero-order chi connectivity index (χ0) is 11.7. The van der Waals surface area contributed by atoms with Crippen molar-refractivity contribution in [2.24, 2.45) is 5.92 Å². The molecule has 2 fully saturated rings. The predicted octanol–water partition coefficient (Wildman–Crippen LogP) is 2.16. The summed E-state index contributed by atoms with van der Waals surface area (Å²) in [5.41, 5.74) is 0. The van der Waals surface area contributed by atoms with Crippen molar-refractivity contribution in [2.45, 2.75) is 38.8 Å². The Bertz CT molecular complexity index is 370. The van der Waals surface area contributed by atoms with E-state index in [9.17, 15) is 0 Å². The molecule has 0 radical (unpaired) electrons. The molecule has 1 saturated carbocycles. The Morgan fingerprint density at radius 1 is 1.41 bits per heavy atom. The van der Waals surface area contributed by atoms with Crippen molar-refractivity contribution in [1.29, 1.82) is 0 Å². The van der Waals surface area contributed by atoms with Crippen molar-refractivity contribution in [1.82, 2.24) is 10.2 Å². The maximum Gasteiger partial charge on any atom is 0.118 e. The smallest absolute Gasteiger partial charge is 0.118 e. The molecule has 3 rings (SSSR count). The highest BCUT2D eigenvalue weighted by Crippen LogP contribution is 2.33. The van der Waals surface area contributed by atoms with Gasteiger partial charge in [0.15, 0.2) is 0 Å². The quantitative estimate of drug-likeness (QED) is 0.868. The van der Waals surface area contributed by atoms with Gasteiger partial charge in [-0.3, -0.25) is 4.90 Å². The lowest BCUT2D eigenvalue weighted by atomic mass is 10.2. The van der Waals surface area contributed by atoms with E-state index < -0.39 is 0 Å². The van der Waals surface area contributed by atoms with E-state index in [0.717, 1.165) is 24.0 Å². The van der Waals surface area contributed by atoms with Crippen LogP contribution >= 0.6 is 0 Å². The number of hydrogen-bond donors (Lipinski definition) is 1. The van der Waals surface area contributed by atoms with Crippen molar-refractivity contribution in [3.63, 3.8) is 0 Å². The molecule has 0 bridgehead atoms. The van der Waals surface area contributed by atoms with Gasteiger partial charge in [-0.25, -0.2) is 0 Å². The first-order valence-electron chi connectivity index (χ1n) is 6.82. The SMILES string of the molecule is Cc1ccc(CN2CCCNC(C3CC3)C2)o1. The fourth-order valence-electron chi connectivity index (χ4n) is 2.77. The number of furan rings is 1. The van der Waals surface area contributed by atoms with Gasteiger partial charge in [-0.1, -0.05) is 0 Å². The van der Waals surface area contributed by atoms with Crippen LogP contribution in [0.4, 0.5) is 0 Å². The second-order valence-corrected chi connectivity index (χ2v) is 5.50. The topological polar surface area (TPSA) is 28.4 Å². The van der Waals surface area contributed by atoms with E-state index in [-0.39, 0.29) is 0 Å². The van der Waals surface area contributed by atoms with Gasteiger partial charge in [0.2, 0.25) is 0 Å². The molecular formula is C14H22N2O. The average molecular weight is 234 g/mol. The van der Waals surface area contributed by atoms with E-state index in [1.54, 1.807) is 0 Å². The van der Waals surface area contributed by atoms with E-state index in [4.69, 9.17) is 4.42 Å². The monoisotopic (exact) mass is 234 g/mol. The van der Waals surface area contributed by atoms with Gasteiger partial charge >= 0.3 is 0 Å². The molecular weight excluding hydrogens is 212 g/mol. The summed E-state index contributed by atoms with van der Waals surface area (Å²) in [6.45, 7) is 6.54. The minimum absolute atomic E-state index is 0.716. The molecule has 3 nitrogen and oxygen atoms in total. The van der Waals surface area contributed by atoms with Gasteiger partial charge < -0.3 is 9.73 Å². The summed E-state index contributed by atoms with van der Waals surface area (Å²) < 4.78 is 5.68. The molecule has 0 aromatic carbocycles. The highest BCUT2D eigenvalue weighted by atomic mass is 16.3. The van der Waals surface area contributed by atoms with Crippen molar-refractivity contribution in [3.05, 3.63) is 23.7 Å². The Labute approximate surface area is 103 Å². The molecule has 1 atom stereocenters. The minimum Gasteiger partial charge on any atom is -0.465 e. The van der Waals surface area contributed by atoms with Crippen LogP contribution in [0.15, 0.2) is 16.5 Å². The normalized spacial score (nSPS) is 27.0. The highest BCUT2D eigenvalue weighted by molar-refractivity contribution is 5.05. The first-order chi connectivity index (χ1) is 8.31. The van der Waals surface area contributed by atoms with E-state index >= 15 is 0 Å². The van der Waals surface area contributed by atoms with Crippen LogP contribution < -0.4 is 5.32 Å². The Hall–Kier alpha value is -0.800. The molecule has 1 aromatic rings. The lowest BCUT2D eigenvalue weighted by Gasteiger charge is -2.23. The number of nitrogens with zero attached hydrogens (tertiary/aromatic N) is 1. The molecule has 2 heterocycles. The third-order valence-corrected chi connectivity index (χ3v) is 3.88. The Morgan fingerprint density at radius 3 is 3.00 bits per heavy atom. The van der Waals surface area contributed by atoms with E-state index in [2.05, 4.69) is 22.3 Å². The van der Waals surface area contributed by atoms with Gasteiger partial charge in [-0.2, -0.15) is 0 Å². The average Bonchev–Trinajstić information content (AvgIpc) is 3.07. The van der Waals surface area contributed by atoms with Crippen LogP contribution in [0.25, 0.3) is 0 Å². The summed E-state index contributed by atoms with van der Waals surface area (Å²) in [7, 11) is 0. The molecule has 2 aliphatic rings.